The highest BCUT2D eigenvalue weighted by atomic mass is 14.8. The van der Waals surface area contributed by atoms with Crippen molar-refractivity contribution in [2.75, 3.05) is 0 Å². The van der Waals surface area contributed by atoms with E-state index in [1.807, 2.05) is 19.2 Å². The molecule has 0 fully saturated rings. The van der Waals surface area contributed by atoms with Crippen molar-refractivity contribution in [1.82, 2.24) is 5.32 Å². The molecule has 1 heteroatoms. The largest absolute Gasteiger partial charge is 0.387 e. The standard InChI is InChI=1S/C14H19N/c1-4-5-13(3)10-15-11-14-8-6-12(2)7-9-14/h4-10,15H,11H2,1-3H3/b5-4-,13-10-. The van der Waals surface area contributed by atoms with E-state index in [-0.39, 0.29) is 0 Å². The highest BCUT2D eigenvalue weighted by Gasteiger charge is 1.89. The number of hydrogen-bond donors (Lipinski definition) is 1. The van der Waals surface area contributed by atoms with Crippen molar-refractivity contribution in [3.05, 3.63) is 59.3 Å². The van der Waals surface area contributed by atoms with Gasteiger partial charge in [0.15, 0.2) is 0 Å². The predicted octanol–water partition coefficient (Wildman–Crippen LogP) is 3.56. The van der Waals surface area contributed by atoms with Crippen LogP contribution in [-0.2, 0) is 6.54 Å². The van der Waals surface area contributed by atoms with Gasteiger partial charge in [-0.2, -0.15) is 0 Å². The van der Waals surface area contributed by atoms with Gasteiger partial charge < -0.3 is 5.32 Å². The molecule has 0 aliphatic heterocycles. The van der Waals surface area contributed by atoms with Crippen LogP contribution in [-0.4, -0.2) is 0 Å². The van der Waals surface area contributed by atoms with Crippen LogP contribution in [0.3, 0.4) is 0 Å². The Morgan fingerprint density at radius 2 is 1.93 bits per heavy atom. The molecule has 0 saturated carbocycles. The molecule has 80 valence electrons. The number of hydrogen-bond acceptors (Lipinski definition) is 1. The Morgan fingerprint density at radius 3 is 2.53 bits per heavy atom. The first kappa shape index (κ1) is 11.6. The van der Waals surface area contributed by atoms with E-state index < -0.39 is 0 Å². The van der Waals surface area contributed by atoms with E-state index in [0.29, 0.717) is 0 Å². The monoisotopic (exact) mass is 201 g/mol. The van der Waals surface area contributed by atoms with Crippen molar-refractivity contribution in [1.29, 1.82) is 0 Å². The molecule has 1 aromatic carbocycles. The summed E-state index contributed by atoms with van der Waals surface area (Å²) < 4.78 is 0. The molecule has 0 spiro atoms. The van der Waals surface area contributed by atoms with Crippen LogP contribution in [0.25, 0.3) is 0 Å². The minimum atomic E-state index is 0.884. The molecule has 0 unspecified atom stereocenters. The van der Waals surface area contributed by atoms with Crippen LogP contribution in [0, 0.1) is 6.92 Å². The Hall–Kier alpha value is -1.50. The third-order valence-corrected chi connectivity index (χ3v) is 2.19. The van der Waals surface area contributed by atoms with Crippen molar-refractivity contribution < 1.29 is 0 Å². The lowest BCUT2D eigenvalue weighted by Gasteiger charge is -2.02. The van der Waals surface area contributed by atoms with E-state index in [1.165, 1.54) is 16.7 Å². The van der Waals surface area contributed by atoms with E-state index in [0.717, 1.165) is 6.54 Å². The lowest BCUT2D eigenvalue weighted by Crippen LogP contribution is -2.04. The van der Waals surface area contributed by atoms with Crippen molar-refractivity contribution in [2.24, 2.45) is 0 Å². The minimum absolute atomic E-state index is 0.884. The lowest BCUT2D eigenvalue weighted by atomic mass is 10.1. The smallest absolute Gasteiger partial charge is 0.0395 e. The van der Waals surface area contributed by atoms with Crippen molar-refractivity contribution in [3.8, 4) is 0 Å². The van der Waals surface area contributed by atoms with Crippen LogP contribution in [0.15, 0.2) is 48.2 Å². The molecule has 1 rings (SSSR count). The fourth-order valence-corrected chi connectivity index (χ4v) is 1.35. The molecule has 0 aliphatic rings. The van der Waals surface area contributed by atoms with Crippen LogP contribution >= 0.6 is 0 Å². The van der Waals surface area contributed by atoms with Gasteiger partial charge in [-0.3, -0.25) is 0 Å². The molecule has 0 radical (unpaired) electrons. The van der Waals surface area contributed by atoms with Gasteiger partial charge in [0, 0.05) is 6.54 Å². The van der Waals surface area contributed by atoms with Gasteiger partial charge in [-0.05, 0) is 38.1 Å². The van der Waals surface area contributed by atoms with Gasteiger partial charge in [0.05, 0.1) is 0 Å². The van der Waals surface area contributed by atoms with Crippen LogP contribution in [0.4, 0.5) is 0 Å². The molecule has 0 amide bonds. The quantitative estimate of drug-likeness (QED) is 0.734. The summed E-state index contributed by atoms with van der Waals surface area (Å²) in [5.74, 6) is 0. The summed E-state index contributed by atoms with van der Waals surface area (Å²) in [6, 6.07) is 8.58. The third kappa shape index (κ3) is 4.50. The summed E-state index contributed by atoms with van der Waals surface area (Å²) in [4.78, 5) is 0. The number of benzene rings is 1. The van der Waals surface area contributed by atoms with Gasteiger partial charge in [-0.1, -0.05) is 42.0 Å². The number of rotatable bonds is 4. The molecule has 0 atom stereocenters. The third-order valence-electron chi connectivity index (χ3n) is 2.19. The summed E-state index contributed by atoms with van der Waals surface area (Å²) in [5.41, 5.74) is 3.86. The Labute approximate surface area is 92.5 Å². The fraction of sp³-hybridized carbons (Fsp3) is 0.286. The van der Waals surface area contributed by atoms with E-state index in [4.69, 9.17) is 0 Å². The Morgan fingerprint density at radius 1 is 1.27 bits per heavy atom. The van der Waals surface area contributed by atoms with Crippen molar-refractivity contribution in [3.63, 3.8) is 0 Å². The van der Waals surface area contributed by atoms with E-state index in [9.17, 15) is 0 Å². The Bertz CT molecular complexity index is 344. The van der Waals surface area contributed by atoms with Crippen molar-refractivity contribution >= 4 is 0 Å². The molecular formula is C14H19N. The summed E-state index contributed by atoms with van der Waals surface area (Å²) in [6.45, 7) is 7.10. The Balaban J connectivity index is 2.44. The molecule has 1 nitrogen and oxygen atoms in total. The zero-order chi connectivity index (χ0) is 11.1. The maximum Gasteiger partial charge on any atom is 0.0395 e. The molecule has 15 heavy (non-hydrogen) atoms. The zero-order valence-corrected chi connectivity index (χ0v) is 9.75. The molecule has 0 heterocycles. The minimum Gasteiger partial charge on any atom is -0.387 e. The summed E-state index contributed by atoms with van der Waals surface area (Å²) in [5, 5.41) is 3.29. The van der Waals surface area contributed by atoms with Gasteiger partial charge in [-0.15, -0.1) is 0 Å². The van der Waals surface area contributed by atoms with Gasteiger partial charge in [0.1, 0.15) is 0 Å². The van der Waals surface area contributed by atoms with Crippen LogP contribution in [0.1, 0.15) is 25.0 Å². The summed E-state index contributed by atoms with van der Waals surface area (Å²) >= 11 is 0. The van der Waals surface area contributed by atoms with Crippen LogP contribution in [0.2, 0.25) is 0 Å². The molecule has 1 aromatic rings. The second-order valence-electron chi connectivity index (χ2n) is 3.75. The number of aryl methyl sites for hydroxylation is 1. The van der Waals surface area contributed by atoms with Crippen LogP contribution in [0.5, 0.6) is 0 Å². The van der Waals surface area contributed by atoms with E-state index >= 15 is 0 Å². The fourth-order valence-electron chi connectivity index (χ4n) is 1.35. The van der Waals surface area contributed by atoms with Crippen LogP contribution < -0.4 is 5.32 Å². The predicted molar refractivity (Wildman–Crippen MR) is 66.6 cm³/mol. The lowest BCUT2D eigenvalue weighted by molar-refractivity contribution is 0.863. The zero-order valence-electron chi connectivity index (χ0n) is 9.75. The number of allylic oxidation sites excluding steroid dienone is 3. The van der Waals surface area contributed by atoms with Gasteiger partial charge in [-0.25, -0.2) is 0 Å². The van der Waals surface area contributed by atoms with Crippen molar-refractivity contribution in [2.45, 2.75) is 27.3 Å². The molecule has 0 aromatic heterocycles. The van der Waals surface area contributed by atoms with Gasteiger partial charge in [0.25, 0.3) is 0 Å². The average Bonchev–Trinajstić information content (AvgIpc) is 2.21. The first-order valence-electron chi connectivity index (χ1n) is 5.31. The highest BCUT2D eigenvalue weighted by Crippen LogP contribution is 2.02. The number of nitrogens with one attached hydrogen (secondary N) is 1. The normalized spacial score (nSPS) is 12.1. The molecule has 0 aliphatic carbocycles. The maximum absolute atomic E-state index is 3.29. The summed E-state index contributed by atoms with van der Waals surface area (Å²) in [7, 11) is 0. The van der Waals surface area contributed by atoms with E-state index in [2.05, 4.69) is 49.5 Å². The second-order valence-corrected chi connectivity index (χ2v) is 3.75. The van der Waals surface area contributed by atoms with Gasteiger partial charge in [0.2, 0.25) is 0 Å². The maximum atomic E-state index is 3.29. The molecule has 0 saturated heterocycles. The first-order valence-corrected chi connectivity index (χ1v) is 5.31. The Kier molecular flexibility index (Phi) is 4.69. The molecule has 1 N–H and O–H groups in total. The highest BCUT2D eigenvalue weighted by molar-refractivity contribution is 5.22. The SMILES string of the molecule is C/C=C\C(C)=C/NCc1ccc(C)cc1. The van der Waals surface area contributed by atoms with E-state index in [1.54, 1.807) is 0 Å². The topological polar surface area (TPSA) is 12.0 Å². The summed E-state index contributed by atoms with van der Waals surface area (Å²) in [6.07, 6.45) is 6.17. The second kappa shape index (κ2) is 6.07. The first-order chi connectivity index (χ1) is 7.22. The molecular weight excluding hydrogens is 182 g/mol. The average molecular weight is 201 g/mol. The van der Waals surface area contributed by atoms with Gasteiger partial charge >= 0.3 is 0 Å². The molecule has 0 bridgehead atoms.